The van der Waals surface area contributed by atoms with Crippen molar-refractivity contribution < 1.29 is 9.18 Å². The number of nitrogens with one attached hydrogen (secondary N) is 1. The summed E-state index contributed by atoms with van der Waals surface area (Å²) in [6.45, 7) is 2.43. The summed E-state index contributed by atoms with van der Waals surface area (Å²) in [6.07, 6.45) is 0. The summed E-state index contributed by atoms with van der Waals surface area (Å²) < 4.78 is 13.5. The number of fused-ring (bicyclic) bond motifs is 1. The monoisotopic (exact) mass is 208 g/mol. The average molecular weight is 208 g/mol. The molecule has 0 bridgehead atoms. The van der Waals surface area contributed by atoms with Gasteiger partial charge in [0.05, 0.1) is 11.6 Å². The SMILES string of the molecule is CC1CN(C)c2cccc(F)c2NC1=O. The predicted molar refractivity (Wildman–Crippen MR) is 57.5 cm³/mol. The Kier molecular flexibility index (Phi) is 2.34. The van der Waals surface area contributed by atoms with Crippen LogP contribution in [0.25, 0.3) is 0 Å². The van der Waals surface area contributed by atoms with Gasteiger partial charge in [-0.3, -0.25) is 4.79 Å². The van der Waals surface area contributed by atoms with Crippen molar-refractivity contribution in [3.63, 3.8) is 0 Å². The number of benzene rings is 1. The molecule has 15 heavy (non-hydrogen) atoms. The van der Waals surface area contributed by atoms with Crippen LogP contribution >= 0.6 is 0 Å². The second-order valence-electron chi connectivity index (χ2n) is 3.90. The molecular weight excluding hydrogens is 195 g/mol. The molecule has 0 saturated heterocycles. The van der Waals surface area contributed by atoms with Crippen LogP contribution < -0.4 is 10.2 Å². The second-order valence-corrected chi connectivity index (χ2v) is 3.90. The highest BCUT2D eigenvalue weighted by atomic mass is 19.1. The van der Waals surface area contributed by atoms with Crippen molar-refractivity contribution in [1.82, 2.24) is 0 Å². The Morgan fingerprint density at radius 1 is 1.53 bits per heavy atom. The maximum absolute atomic E-state index is 13.5. The Hall–Kier alpha value is -1.58. The number of hydrogen-bond donors (Lipinski definition) is 1. The fourth-order valence-electron chi connectivity index (χ4n) is 1.79. The molecule has 1 atom stereocenters. The van der Waals surface area contributed by atoms with Crippen LogP contribution in [0, 0.1) is 11.7 Å². The highest BCUT2D eigenvalue weighted by Gasteiger charge is 2.24. The van der Waals surface area contributed by atoms with E-state index in [1.807, 2.05) is 18.9 Å². The molecule has 0 saturated carbocycles. The first-order chi connectivity index (χ1) is 7.09. The van der Waals surface area contributed by atoms with Crippen molar-refractivity contribution in [2.45, 2.75) is 6.92 Å². The summed E-state index contributed by atoms with van der Waals surface area (Å²) in [5.41, 5.74) is 1.02. The normalized spacial score (nSPS) is 20.6. The number of para-hydroxylation sites is 1. The molecule has 1 aliphatic rings. The number of anilines is 2. The van der Waals surface area contributed by atoms with Gasteiger partial charge in [0, 0.05) is 13.6 Å². The molecule has 1 aromatic carbocycles. The molecule has 1 unspecified atom stereocenters. The minimum Gasteiger partial charge on any atom is -0.372 e. The van der Waals surface area contributed by atoms with Crippen molar-refractivity contribution in [1.29, 1.82) is 0 Å². The van der Waals surface area contributed by atoms with Gasteiger partial charge < -0.3 is 10.2 Å². The van der Waals surface area contributed by atoms with Crippen LogP contribution in [0.5, 0.6) is 0 Å². The second kappa shape index (κ2) is 3.53. The number of carbonyl (C=O) groups is 1. The molecule has 1 heterocycles. The number of rotatable bonds is 0. The van der Waals surface area contributed by atoms with Crippen LogP contribution in [-0.4, -0.2) is 19.5 Å². The lowest BCUT2D eigenvalue weighted by molar-refractivity contribution is -0.119. The quantitative estimate of drug-likeness (QED) is 0.705. The molecule has 3 nitrogen and oxygen atoms in total. The molecule has 1 amide bonds. The van der Waals surface area contributed by atoms with Gasteiger partial charge in [0.1, 0.15) is 11.5 Å². The zero-order valence-corrected chi connectivity index (χ0v) is 8.75. The number of carbonyl (C=O) groups excluding carboxylic acids is 1. The van der Waals surface area contributed by atoms with Crippen molar-refractivity contribution in [3.8, 4) is 0 Å². The van der Waals surface area contributed by atoms with Crippen molar-refractivity contribution in [2.24, 2.45) is 5.92 Å². The van der Waals surface area contributed by atoms with Gasteiger partial charge in [-0.1, -0.05) is 13.0 Å². The summed E-state index contributed by atoms with van der Waals surface area (Å²) in [6, 6.07) is 4.80. The minimum absolute atomic E-state index is 0.134. The average Bonchev–Trinajstić information content (AvgIpc) is 2.29. The van der Waals surface area contributed by atoms with Gasteiger partial charge in [0.15, 0.2) is 0 Å². The van der Waals surface area contributed by atoms with Crippen molar-refractivity contribution in [3.05, 3.63) is 24.0 Å². The summed E-state index contributed by atoms with van der Waals surface area (Å²) in [5.74, 6) is -0.658. The van der Waals surface area contributed by atoms with Gasteiger partial charge in [-0.15, -0.1) is 0 Å². The van der Waals surface area contributed by atoms with E-state index in [9.17, 15) is 9.18 Å². The summed E-state index contributed by atoms with van der Waals surface area (Å²) in [5, 5.41) is 2.62. The van der Waals surface area contributed by atoms with Gasteiger partial charge in [-0.05, 0) is 12.1 Å². The van der Waals surface area contributed by atoms with Crippen LogP contribution in [0.2, 0.25) is 0 Å². The maximum Gasteiger partial charge on any atom is 0.229 e. The molecule has 1 aromatic rings. The van der Waals surface area contributed by atoms with E-state index in [1.54, 1.807) is 12.1 Å². The van der Waals surface area contributed by atoms with Gasteiger partial charge in [0.25, 0.3) is 0 Å². The molecule has 80 valence electrons. The number of nitrogens with zero attached hydrogens (tertiary/aromatic N) is 1. The van der Waals surface area contributed by atoms with Crippen LogP contribution in [0.4, 0.5) is 15.8 Å². The Bertz CT molecular complexity index is 406. The summed E-state index contributed by atoms with van der Waals surface area (Å²) in [7, 11) is 1.86. The van der Waals surface area contributed by atoms with E-state index in [4.69, 9.17) is 0 Å². The first-order valence-electron chi connectivity index (χ1n) is 4.90. The summed E-state index contributed by atoms with van der Waals surface area (Å²) >= 11 is 0. The van der Waals surface area contributed by atoms with E-state index in [0.717, 1.165) is 5.69 Å². The lowest BCUT2D eigenvalue weighted by Crippen LogP contribution is -2.27. The van der Waals surface area contributed by atoms with E-state index < -0.39 is 0 Å². The first kappa shape index (κ1) is 9.96. The fraction of sp³-hybridized carbons (Fsp3) is 0.364. The van der Waals surface area contributed by atoms with Gasteiger partial charge >= 0.3 is 0 Å². The highest BCUT2D eigenvalue weighted by molar-refractivity contribution is 5.97. The molecule has 0 aliphatic carbocycles. The third-order valence-corrected chi connectivity index (χ3v) is 2.65. The zero-order chi connectivity index (χ0) is 11.0. The molecule has 0 aromatic heterocycles. The van der Waals surface area contributed by atoms with Gasteiger partial charge in [0.2, 0.25) is 5.91 Å². The lowest BCUT2D eigenvalue weighted by Gasteiger charge is -2.19. The number of halogens is 1. The Balaban J connectivity index is 2.51. The third kappa shape index (κ3) is 1.67. The molecule has 1 N–H and O–H groups in total. The standard InChI is InChI=1S/C11H13FN2O/c1-7-6-14(2)9-5-3-4-8(12)10(9)13-11(7)15/h3-5,7H,6H2,1-2H3,(H,13,15). The van der Waals surface area contributed by atoms with Crippen LogP contribution in [-0.2, 0) is 4.79 Å². The lowest BCUT2D eigenvalue weighted by atomic mass is 10.1. The number of amides is 1. The Morgan fingerprint density at radius 2 is 2.27 bits per heavy atom. The molecule has 0 spiro atoms. The predicted octanol–water partition coefficient (Wildman–Crippen LogP) is 1.85. The molecular formula is C11H13FN2O. The topological polar surface area (TPSA) is 32.3 Å². The fourth-order valence-corrected chi connectivity index (χ4v) is 1.79. The highest BCUT2D eigenvalue weighted by Crippen LogP contribution is 2.31. The molecule has 2 rings (SSSR count). The zero-order valence-electron chi connectivity index (χ0n) is 8.75. The largest absolute Gasteiger partial charge is 0.372 e. The van der Waals surface area contributed by atoms with Gasteiger partial charge in [-0.25, -0.2) is 4.39 Å². The molecule has 0 fully saturated rings. The Labute approximate surface area is 87.9 Å². The minimum atomic E-state index is -0.387. The van der Waals surface area contributed by atoms with Crippen molar-refractivity contribution in [2.75, 3.05) is 23.8 Å². The van der Waals surface area contributed by atoms with E-state index >= 15 is 0 Å². The van der Waals surface area contributed by atoms with Gasteiger partial charge in [-0.2, -0.15) is 0 Å². The van der Waals surface area contributed by atoms with E-state index in [2.05, 4.69) is 5.32 Å². The Morgan fingerprint density at radius 3 is 3.00 bits per heavy atom. The number of hydrogen-bond acceptors (Lipinski definition) is 2. The first-order valence-corrected chi connectivity index (χ1v) is 4.90. The summed E-state index contributed by atoms with van der Waals surface area (Å²) in [4.78, 5) is 13.5. The third-order valence-electron chi connectivity index (χ3n) is 2.65. The van der Waals surface area contributed by atoms with Crippen molar-refractivity contribution >= 4 is 17.3 Å². The van der Waals surface area contributed by atoms with E-state index in [0.29, 0.717) is 6.54 Å². The van der Waals surface area contributed by atoms with Crippen LogP contribution in [0.3, 0.4) is 0 Å². The molecule has 0 radical (unpaired) electrons. The molecule has 1 aliphatic heterocycles. The molecule has 4 heteroatoms. The van der Waals surface area contributed by atoms with E-state index in [-0.39, 0.29) is 23.3 Å². The van der Waals surface area contributed by atoms with Crippen LogP contribution in [0.15, 0.2) is 18.2 Å². The maximum atomic E-state index is 13.5. The van der Waals surface area contributed by atoms with E-state index in [1.165, 1.54) is 6.07 Å². The smallest absolute Gasteiger partial charge is 0.229 e. The van der Waals surface area contributed by atoms with Crippen LogP contribution in [0.1, 0.15) is 6.92 Å².